The van der Waals surface area contributed by atoms with E-state index < -0.39 is 0 Å². The zero-order valence-corrected chi connectivity index (χ0v) is 8.40. The molecule has 0 aromatic rings. The number of ether oxygens (including phenoxy) is 1. The maximum Gasteiger partial charge on any atom is 0.320 e. The molecule has 0 aromatic carbocycles. The molecule has 54 valence electrons. The summed E-state index contributed by atoms with van der Waals surface area (Å²) in [5, 5.41) is 0. The summed E-state index contributed by atoms with van der Waals surface area (Å²) >= 11 is 6.38. The van der Waals surface area contributed by atoms with Crippen molar-refractivity contribution in [3.05, 3.63) is 0 Å². The number of carbonyl (C=O) groups excluding carboxylic acids is 1. The van der Waals surface area contributed by atoms with Crippen LogP contribution in [0.25, 0.3) is 0 Å². The predicted octanol–water partition coefficient (Wildman–Crippen LogP) is 1.71. The van der Waals surface area contributed by atoms with Crippen molar-refractivity contribution in [2.75, 3.05) is 7.11 Å². The van der Waals surface area contributed by atoms with E-state index in [-0.39, 0.29) is 15.6 Å². The Kier molecular flexibility index (Phi) is 4.48. The zero-order valence-electron chi connectivity index (χ0n) is 5.23. The van der Waals surface area contributed by atoms with Crippen LogP contribution in [0.1, 0.15) is 6.92 Å². The van der Waals surface area contributed by atoms with E-state index >= 15 is 0 Å². The SMILES string of the molecule is COC(=O)C(Br)C(C)Br. The van der Waals surface area contributed by atoms with Crippen molar-refractivity contribution in [3.63, 3.8) is 0 Å². The lowest BCUT2D eigenvalue weighted by Crippen LogP contribution is -2.22. The first-order valence-corrected chi connectivity index (χ1v) is 4.28. The van der Waals surface area contributed by atoms with Gasteiger partial charge >= 0.3 is 5.97 Å². The molecule has 0 amide bonds. The van der Waals surface area contributed by atoms with Gasteiger partial charge in [-0.05, 0) is 0 Å². The van der Waals surface area contributed by atoms with E-state index in [2.05, 4.69) is 36.6 Å². The van der Waals surface area contributed by atoms with Crippen LogP contribution in [0.3, 0.4) is 0 Å². The Morgan fingerprint density at radius 1 is 1.56 bits per heavy atom. The van der Waals surface area contributed by atoms with E-state index in [1.807, 2.05) is 6.92 Å². The molecule has 0 radical (unpaired) electrons. The molecule has 0 spiro atoms. The first-order chi connectivity index (χ1) is 4.09. The van der Waals surface area contributed by atoms with Gasteiger partial charge in [-0.1, -0.05) is 38.8 Å². The molecule has 0 saturated heterocycles. The van der Waals surface area contributed by atoms with Crippen LogP contribution in [0.4, 0.5) is 0 Å². The average molecular weight is 260 g/mol. The van der Waals surface area contributed by atoms with E-state index in [1.54, 1.807) is 0 Å². The van der Waals surface area contributed by atoms with Crippen LogP contribution in [-0.4, -0.2) is 22.7 Å². The van der Waals surface area contributed by atoms with Gasteiger partial charge in [0, 0.05) is 4.83 Å². The van der Waals surface area contributed by atoms with Crippen molar-refractivity contribution in [2.24, 2.45) is 0 Å². The quantitative estimate of drug-likeness (QED) is 0.558. The summed E-state index contributed by atoms with van der Waals surface area (Å²) < 4.78 is 4.46. The molecule has 2 nitrogen and oxygen atoms in total. The van der Waals surface area contributed by atoms with E-state index in [9.17, 15) is 4.79 Å². The molecule has 2 atom stereocenters. The van der Waals surface area contributed by atoms with E-state index in [4.69, 9.17) is 0 Å². The standard InChI is InChI=1S/C5H8Br2O2/c1-3(6)4(7)5(8)9-2/h3-4H,1-2H3. The Morgan fingerprint density at radius 3 is 2.11 bits per heavy atom. The minimum Gasteiger partial charge on any atom is -0.468 e. The first kappa shape index (κ1) is 9.43. The maximum atomic E-state index is 10.7. The van der Waals surface area contributed by atoms with Crippen molar-refractivity contribution in [1.82, 2.24) is 0 Å². The minimum absolute atomic E-state index is 0.102. The van der Waals surface area contributed by atoms with Crippen LogP contribution in [-0.2, 0) is 9.53 Å². The van der Waals surface area contributed by atoms with E-state index in [1.165, 1.54) is 7.11 Å². The molecule has 0 aromatic heterocycles. The molecule has 0 aliphatic carbocycles. The summed E-state index contributed by atoms with van der Waals surface area (Å²) in [6.07, 6.45) is 0. The lowest BCUT2D eigenvalue weighted by Gasteiger charge is -2.07. The number of alkyl halides is 2. The third-order valence-corrected chi connectivity index (χ3v) is 3.23. The van der Waals surface area contributed by atoms with Crippen LogP contribution in [0, 0.1) is 0 Å². The number of rotatable bonds is 2. The lowest BCUT2D eigenvalue weighted by atomic mass is 10.3. The molecule has 0 N–H and O–H groups in total. The highest BCUT2D eigenvalue weighted by atomic mass is 79.9. The average Bonchev–Trinajstić information content (AvgIpc) is 1.84. The van der Waals surface area contributed by atoms with Crippen molar-refractivity contribution in [1.29, 1.82) is 0 Å². The van der Waals surface area contributed by atoms with Gasteiger partial charge in [-0.3, -0.25) is 4.79 Å². The molecule has 0 bridgehead atoms. The van der Waals surface area contributed by atoms with Gasteiger partial charge in [-0.25, -0.2) is 0 Å². The van der Waals surface area contributed by atoms with Crippen molar-refractivity contribution >= 4 is 37.8 Å². The van der Waals surface area contributed by atoms with Gasteiger partial charge in [0.05, 0.1) is 7.11 Å². The fraction of sp³-hybridized carbons (Fsp3) is 0.800. The fourth-order valence-electron chi connectivity index (χ4n) is 0.300. The number of esters is 1. The second-order valence-corrected chi connectivity index (χ2v) is 4.03. The normalized spacial score (nSPS) is 16.4. The summed E-state index contributed by atoms with van der Waals surface area (Å²) in [5.74, 6) is -0.251. The van der Waals surface area contributed by atoms with Crippen molar-refractivity contribution in [3.8, 4) is 0 Å². The third-order valence-electron chi connectivity index (χ3n) is 0.830. The molecule has 0 saturated carbocycles. The largest absolute Gasteiger partial charge is 0.468 e. The second kappa shape index (κ2) is 4.28. The highest BCUT2D eigenvalue weighted by molar-refractivity contribution is 9.12. The van der Waals surface area contributed by atoms with Crippen LogP contribution in [0.2, 0.25) is 0 Å². The van der Waals surface area contributed by atoms with Crippen LogP contribution in [0.15, 0.2) is 0 Å². The molecular weight excluding hydrogens is 252 g/mol. The molecule has 4 heteroatoms. The Labute approximate surface area is 71.2 Å². The van der Waals surface area contributed by atoms with Gasteiger partial charge in [-0.2, -0.15) is 0 Å². The maximum absolute atomic E-state index is 10.7. The highest BCUT2D eigenvalue weighted by Gasteiger charge is 2.19. The number of halogens is 2. The van der Waals surface area contributed by atoms with Gasteiger partial charge in [0.25, 0.3) is 0 Å². The molecule has 0 rings (SSSR count). The molecule has 0 fully saturated rings. The molecule has 0 aliphatic rings. The Balaban J connectivity index is 3.72. The van der Waals surface area contributed by atoms with Gasteiger partial charge in [0.2, 0.25) is 0 Å². The second-order valence-electron chi connectivity index (χ2n) is 1.60. The smallest absolute Gasteiger partial charge is 0.320 e. The summed E-state index contributed by atoms with van der Waals surface area (Å²) in [5.41, 5.74) is 0. The Morgan fingerprint density at radius 2 is 2.00 bits per heavy atom. The third kappa shape index (κ3) is 3.20. The van der Waals surface area contributed by atoms with Crippen molar-refractivity contribution in [2.45, 2.75) is 16.6 Å². The summed E-state index contributed by atoms with van der Waals surface area (Å²) in [4.78, 5) is 10.5. The van der Waals surface area contributed by atoms with Crippen LogP contribution in [0.5, 0.6) is 0 Å². The summed E-state index contributed by atoms with van der Waals surface area (Å²) in [7, 11) is 1.37. The molecular formula is C5H8Br2O2. The topological polar surface area (TPSA) is 26.3 Å². The number of methoxy groups -OCH3 is 1. The van der Waals surface area contributed by atoms with E-state index in [0.717, 1.165) is 0 Å². The van der Waals surface area contributed by atoms with E-state index in [0.29, 0.717) is 0 Å². The number of hydrogen-bond acceptors (Lipinski definition) is 2. The Bertz CT molecular complexity index is 103. The summed E-state index contributed by atoms with van der Waals surface area (Å²) in [6.45, 7) is 1.87. The monoisotopic (exact) mass is 258 g/mol. The van der Waals surface area contributed by atoms with Gasteiger partial charge < -0.3 is 4.74 Å². The van der Waals surface area contributed by atoms with Crippen molar-refractivity contribution < 1.29 is 9.53 Å². The van der Waals surface area contributed by atoms with Gasteiger partial charge in [0.15, 0.2) is 0 Å². The minimum atomic E-state index is -0.251. The lowest BCUT2D eigenvalue weighted by molar-refractivity contribution is -0.139. The number of carbonyl (C=O) groups is 1. The number of hydrogen-bond donors (Lipinski definition) is 0. The highest BCUT2D eigenvalue weighted by Crippen LogP contribution is 2.14. The zero-order chi connectivity index (χ0) is 7.44. The molecule has 9 heavy (non-hydrogen) atoms. The Hall–Kier alpha value is 0.430. The molecule has 2 unspecified atom stereocenters. The predicted molar refractivity (Wildman–Crippen MR) is 43.1 cm³/mol. The molecule has 0 aliphatic heterocycles. The van der Waals surface area contributed by atoms with Gasteiger partial charge in [-0.15, -0.1) is 0 Å². The summed E-state index contributed by atoms with van der Waals surface area (Å²) in [6, 6.07) is 0. The van der Waals surface area contributed by atoms with Crippen LogP contribution < -0.4 is 0 Å². The fourth-order valence-corrected chi connectivity index (χ4v) is 0.703. The first-order valence-electron chi connectivity index (χ1n) is 2.45. The van der Waals surface area contributed by atoms with Crippen LogP contribution >= 0.6 is 31.9 Å². The molecule has 0 heterocycles. The van der Waals surface area contributed by atoms with Gasteiger partial charge in [0.1, 0.15) is 4.83 Å².